The molecule has 1 N–H and O–H groups in total. The maximum absolute atomic E-state index is 12.5. The van der Waals surface area contributed by atoms with Gasteiger partial charge in [-0.3, -0.25) is 9.59 Å². The molecule has 1 aliphatic rings. The number of nitrogens with one attached hydrogen (secondary N) is 1. The molecular formula is C16H11Cl3N2O2. The first-order chi connectivity index (χ1) is 11.0. The summed E-state index contributed by atoms with van der Waals surface area (Å²) in [6, 6.07) is 10.9. The first-order valence-corrected chi connectivity index (χ1v) is 7.93. The minimum Gasteiger partial charge on any atom is -0.373 e. The maximum atomic E-state index is 12.5. The van der Waals surface area contributed by atoms with E-state index in [-0.39, 0.29) is 23.3 Å². The minimum atomic E-state index is -0.643. The van der Waals surface area contributed by atoms with Gasteiger partial charge in [-0.1, -0.05) is 34.8 Å². The third-order valence-electron chi connectivity index (χ3n) is 3.48. The van der Waals surface area contributed by atoms with Crippen molar-refractivity contribution in [3.63, 3.8) is 0 Å². The Bertz CT molecular complexity index is 777. The van der Waals surface area contributed by atoms with E-state index in [4.69, 9.17) is 34.8 Å². The predicted molar refractivity (Wildman–Crippen MR) is 92.4 cm³/mol. The number of anilines is 2. The fraction of sp³-hybridized carbons (Fsp3) is 0.125. The molecule has 1 heterocycles. The van der Waals surface area contributed by atoms with Gasteiger partial charge in [0.2, 0.25) is 5.91 Å². The van der Waals surface area contributed by atoms with Crippen LogP contribution in [0.3, 0.4) is 0 Å². The number of imide groups is 1. The lowest BCUT2D eigenvalue weighted by molar-refractivity contribution is -0.121. The van der Waals surface area contributed by atoms with Crippen LogP contribution in [0.25, 0.3) is 0 Å². The Hall–Kier alpha value is -1.75. The van der Waals surface area contributed by atoms with Crippen LogP contribution >= 0.6 is 34.8 Å². The molecule has 0 radical (unpaired) electrons. The zero-order chi connectivity index (χ0) is 16.6. The topological polar surface area (TPSA) is 49.4 Å². The highest BCUT2D eigenvalue weighted by Crippen LogP contribution is 2.33. The van der Waals surface area contributed by atoms with Crippen LogP contribution in [0.15, 0.2) is 42.5 Å². The van der Waals surface area contributed by atoms with Gasteiger partial charge in [-0.15, -0.1) is 0 Å². The summed E-state index contributed by atoms with van der Waals surface area (Å²) in [4.78, 5) is 25.9. The van der Waals surface area contributed by atoms with E-state index >= 15 is 0 Å². The van der Waals surface area contributed by atoms with Crippen molar-refractivity contribution < 1.29 is 9.59 Å². The highest BCUT2D eigenvalue weighted by atomic mass is 35.5. The molecule has 0 saturated carbocycles. The largest absolute Gasteiger partial charge is 0.373 e. The molecule has 0 aliphatic carbocycles. The van der Waals surface area contributed by atoms with Gasteiger partial charge in [0.15, 0.2) is 0 Å². The summed E-state index contributed by atoms with van der Waals surface area (Å²) in [7, 11) is 0. The Morgan fingerprint density at radius 2 is 1.61 bits per heavy atom. The van der Waals surface area contributed by atoms with Gasteiger partial charge in [0, 0.05) is 15.7 Å². The molecule has 1 fully saturated rings. The van der Waals surface area contributed by atoms with Crippen LogP contribution in [0.1, 0.15) is 6.42 Å². The molecule has 2 aromatic rings. The van der Waals surface area contributed by atoms with Crippen molar-refractivity contribution in [3.8, 4) is 0 Å². The first kappa shape index (κ1) is 16.1. The summed E-state index contributed by atoms with van der Waals surface area (Å²) in [5, 5.41) is 4.33. The average molecular weight is 370 g/mol. The van der Waals surface area contributed by atoms with E-state index in [1.165, 1.54) is 6.07 Å². The number of carbonyl (C=O) groups is 2. The van der Waals surface area contributed by atoms with Crippen molar-refractivity contribution in [2.45, 2.75) is 12.5 Å². The lowest BCUT2D eigenvalue weighted by atomic mass is 10.2. The molecule has 3 rings (SSSR count). The van der Waals surface area contributed by atoms with Crippen molar-refractivity contribution in [1.82, 2.24) is 0 Å². The molecule has 23 heavy (non-hydrogen) atoms. The van der Waals surface area contributed by atoms with E-state index in [0.717, 1.165) is 4.90 Å². The Kier molecular flexibility index (Phi) is 4.48. The van der Waals surface area contributed by atoms with Gasteiger partial charge >= 0.3 is 0 Å². The number of benzene rings is 2. The molecule has 1 aliphatic heterocycles. The van der Waals surface area contributed by atoms with Gasteiger partial charge in [0.25, 0.3) is 5.91 Å². The molecule has 2 aromatic carbocycles. The number of carbonyl (C=O) groups excluding carboxylic acids is 2. The lowest BCUT2D eigenvalue weighted by Gasteiger charge is -2.17. The molecule has 1 unspecified atom stereocenters. The molecular weight excluding hydrogens is 359 g/mol. The molecule has 2 amide bonds. The standard InChI is InChI=1S/C16H11Cl3N2O2/c17-9-1-4-11(5-2-9)20-13-8-15(22)21(16(13)23)14-6-3-10(18)7-12(14)19/h1-7,13,20H,8H2. The van der Waals surface area contributed by atoms with Crippen LogP contribution in [0.4, 0.5) is 11.4 Å². The van der Waals surface area contributed by atoms with E-state index in [9.17, 15) is 9.59 Å². The van der Waals surface area contributed by atoms with E-state index in [1.807, 2.05) is 0 Å². The molecule has 7 heteroatoms. The van der Waals surface area contributed by atoms with Gasteiger partial charge < -0.3 is 5.32 Å². The minimum absolute atomic E-state index is 0.0560. The van der Waals surface area contributed by atoms with Crippen LogP contribution in [0.5, 0.6) is 0 Å². The molecule has 118 valence electrons. The predicted octanol–water partition coefficient (Wildman–Crippen LogP) is 4.39. The van der Waals surface area contributed by atoms with Gasteiger partial charge in [-0.05, 0) is 42.5 Å². The fourth-order valence-electron chi connectivity index (χ4n) is 2.41. The zero-order valence-electron chi connectivity index (χ0n) is 11.7. The summed E-state index contributed by atoms with van der Waals surface area (Å²) in [6.45, 7) is 0. The quantitative estimate of drug-likeness (QED) is 0.816. The van der Waals surface area contributed by atoms with Crippen molar-refractivity contribution >= 4 is 58.0 Å². The van der Waals surface area contributed by atoms with E-state index < -0.39 is 6.04 Å². The normalized spacial score (nSPS) is 17.7. The van der Waals surface area contributed by atoms with E-state index in [0.29, 0.717) is 21.4 Å². The maximum Gasteiger partial charge on any atom is 0.256 e. The Morgan fingerprint density at radius 1 is 0.957 bits per heavy atom. The van der Waals surface area contributed by atoms with Crippen LogP contribution < -0.4 is 10.2 Å². The number of amides is 2. The summed E-state index contributed by atoms with van der Waals surface area (Å²) >= 11 is 17.8. The molecule has 0 bridgehead atoms. The average Bonchev–Trinajstić information content (AvgIpc) is 2.77. The number of nitrogens with zero attached hydrogens (tertiary/aromatic N) is 1. The van der Waals surface area contributed by atoms with Crippen LogP contribution in [-0.4, -0.2) is 17.9 Å². The fourth-order valence-corrected chi connectivity index (χ4v) is 3.03. The second-order valence-electron chi connectivity index (χ2n) is 5.07. The third-order valence-corrected chi connectivity index (χ3v) is 4.27. The lowest BCUT2D eigenvalue weighted by Crippen LogP contribution is -2.35. The number of hydrogen-bond donors (Lipinski definition) is 1. The Balaban J connectivity index is 1.83. The van der Waals surface area contributed by atoms with E-state index in [1.54, 1.807) is 36.4 Å². The Labute approximate surface area is 147 Å². The molecule has 4 nitrogen and oxygen atoms in total. The van der Waals surface area contributed by atoms with Crippen molar-refractivity contribution in [1.29, 1.82) is 0 Å². The van der Waals surface area contributed by atoms with Gasteiger partial charge in [0.1, 0.15) is 6.04 Å². The highest BCUT2D eigenvalue weighted by Gasteiger charge is 2.40. The van der Waals surface area contributed by atoms with Gasteiger partial charge in [0.05, 0.1) is 17.1 Å². The van der Waals surface area contributed by atoms with Gasteiger partial charge in [-0.25, -0.2) is 4.90 Å². The summed E-state index contributed by atoms with van der Waals surface area (Å²) in [6.07, 6.45) is 0.0560. The second kappa shape index (κ2) is 6.40. The number of hydrogen-bond acceptors (Lipinski definition) is 3. The smallest absolute Gasteiger partial charge is 0.256 e. The van der Waals surface area contributed by atoms with Crippen molar-refractivity contribution in [3.05, 3.63) is 57.5 Å². The SMILES string of the molecule is O=C1CC(Nc2ccc(Cl)cc2)C(=O)N1c1ccc(Cl)cc1Cl. The molecule has 1 saturated heterocycles. The van der Waals surface area contributed by atoms with Crippen molar-refractivity contribution in [2.75, 3.05) is 10.2 Å². The third kappa shape index (κ3) is 3.29. The van der Waals surface area contributed by atoms with E-state index in [2.05, 4.69) is 5.32 Å². The summed E-state index contributed by atoms with van der Waals surface area (Å²) in [5.41, 5.74) is 1.05. The molecule has 1 atom stereocenters. The van der Waals surface area contributed by atoms with Crippen LogP contribution in [0, 0.1) is 0 Å². The number of rotatable bonds is 3. The van der Waals surface area contributed by atoms with Crippen molar-refractivity contribution in [2.24, 2.45) is 0 Å². The Morgan fingerprint density at radius 3 is 2.26 bits per heavy atom. The highest BCUT2D eigenvalue weighted by molar-refractivity contribution is 6.38. The monoisotopic (exact) mass is 368 g/mol. The molecule has 0 aromatic heterocycles. The van der Waals surface area contributed by atoms with Crippen LogP contribution in [-0.2, 0) is 9.59 Å². The van der Waals surface area contributed by atoms with Crippen LogP contribution in [0.2, 0.25) is 15.1 Å². The zero-order valence-corrected chi connectivity index (χ0v) is 14.0. The summed E-state index contributed by atoms with van der Waals surface area (Å²) < 4.78 is 0. The number of halogens is 3. The summed E-state index contributed by atoms with van der Waals surface area (Å²) in [5.74, 6) is -0.667. The molecule has 0 spiro atoms. The first-order valence-electron chi connectivity index (χ1n) is 6.79. The van der Waals surface area contributed by atoms with Gasteiger partial charge in [-0.2, -0.15) is 0 Å². The second-order valence-corrected chi connectivity index (χ2v) is 6.35.